The van der Waals surface area contributed by atoms with E-state index in [9.17, 15) is 0 Å². The standard InChI is InChI=1S/C21H34N2/c1-12(2)18-10-22-16(7)20-15(6)14(5)17(8)23(9)11-19(13(3)4)21(18)20/h10-15,17H,1-9H3/b19-11-/t14-,15+,17-/m0/s1. The average molecular weight is 315 g/mol. The van der Waals surface area contributed by atoms with Crippen molar-refractivity contribution in [2.24, 2.45) is 11.8 Å². The summed E-state index contributed by atoms with van der Waals surface area (Å²) in [5.41, 5.74) is 7.01. The smallest absolute Gasteiger partial charge is 0.0413 e. The minimum atomic E-state index is 0.490. The molecule has 23 heavy (non-hydrogen) atoms. The van der Waals surface area contributed by atoms with Crippen LogP contribution < -0.4 is 0 Å². The lowest BCUT2D eigenvalue weighted by molar-refractivity contribution is 0.239. The van der Waals surface area contributed by atoms with Gasteiger partial charge >= 0.3 is 0 Å². The number of pyridine rings is 1. The van der Waals surface area contributed by atoms with Gasteiger partial charge in [-0.15, -0.1) is 0 Å². The van der Waals surface area contributed by atoms with E-state index in [-0.39, 0.29) is 0 Å². The molecule has 0 amide bonds. The van der Waals surface area contributed by atoms with E-state index in [0.717, 1.165) is 0 Å². The number of fused-ring (bicyclic) bond motifs is 1. The van der Waals surface area contributed by atoms with Crippen LogP contribution in [0.4, 0.5) is 0 Å². The summed E-state index contributed by atoms with van der Waals surface area (Å²) in [6.45, 7) is 18.5. The van der Waals surface area contributed by atoms with Gasteiger partial charge in [0.15, 0.2) is 0 Å². The van der Waals surface area contributed by atoms with Crippen LogP contribution in [0.15, 0.2) is 12.4 Å². The van der Waals surface area contributed by atoms with Gasteiger partial charge in [0.05, 0.1) is 0 Å². The van der Waals surface area contributed by atoms with Crippen LogP contribution in [0.25, 0.3) is 5.57 Å². The highest BCUT2D eigenvalue weighted by Gasteiger charge is 2.31. The molecule has 1 aliphatic heterocycles. The van der Waals surface area contributed by atoms with Crippen molar-refractivity contribution in [3.63, 3.8) is 0 Å². The van der Waals surface area contributed by atoms with Gasteiger partial charge in [-0.1, -0.05) is 41.5 Å². The summed E-state index contributed by atoms with van der Waals surface area (Å²) >= 11 is 0. The summed E-state index contributed by atoms with van der Waals surface area (Å²) in [7, 11) is 2.23. The molecule has 0 spiro atoms. The molecule has 2 heterocycles. The second kappa shape index (κ2) is 6.67. The zero-order chi connectivity index (χ0) is 17.5. The summed E-state index contributed by atoms with van der Waals surface area (Å²) in [6.07, 6.45) is 4.50. The van der Waals surface area contributed by atoms with Crippen molar-refractivity contribution in [3.05, 3.63) is 34.8 Å². The van der Waals surface area contributed by atoms with Crippen molar-refractivity contribution in [2.45, 2.75) is 73.3 Å². The molecule has 2 nitrogen and oxygen atoms in total. The van der Waals surface area contributed by atoms with E-state index in [1.54, 1.807) is 0 Å². The molecular formula is C21H34N2. The highest BCUT2D eigenvalue weighted by Crippen LogP contribution is 2.42. The fourth-order valence-electron chi connectivity index (χ4n) is 3.84. The Morgan fingerprint density at radius 3 is 2.17 bits per heavy atom. The maximum absolute atomic E-state index is 4.77. The highest BCUT2D eigenvalue weighted by atomic mass is 15.1. The zero-order valence-electron chi connectivity index (χ0n) is 16.4. The van der Waals surface area contributed by atoms with Crippen molar-refractivity contribution >= 4 is 5.57 Å². The van der Waals surface area contributed by atoms with Gasteiger partial charge in [0.25, 0.3) is 0 Å². The van der Waals surface area contributed by atoms with Crippen molar-refractivity contribution in [1.29, 1.82) is 0 Å². The van der Waals surface area contributed by atoms with Crippen LogP contribution in [0.3, 0.4) is 0 Å². The lowest BCUT2D eigenvalue weighted by Gasteiger charge is -2.39. The Kier molecular flexibility index (Phi) is 5.23. The zero-order valence-corrected chi connectivity index (χ0v) is 16.4. The molecule has 0 bridgehead atoms. The molecule has 2 rings (SSSR count). The first-order valence-corrected chi connectivity index (χ1v) is 9.10. The normalized spacial score (nSPS) is 27.5. The molecule has 2 heteroatoms. The van der Waals surface area contributed by atoms with Crippen molar-refractivity contribution < 1.29 is 0 Å². The van der Waals surface area contributed by atoms with E-state index >= 15 is 0 Å². The van der Waals surface area contributed by atoms with Gasteiger partial charge < -0.3 is 4.90 Å². The Morgan fingerprint density at radius 1 is 1.04 bits per heavy atom. The SMILES string of the molecule is Cc1ncc(C(C)C)c2c1[C@H](C)[C@H](C)[C@H](C)N(C)/C=C\2C(C)C. The van der Waals surface area contributed by atoms with Crippen LogP contribution in [-0.4, -0.2) is 23.0 Å². The third-order valence-corrected chi connectivity index (χ3v) is 5.87. The summed E-state index contributed by atoms with van der Waals surface area (Å²) in [5, 5.41) is 0. The van der Waals surface area contributed by atoms with Crippen molar-refractivity contribution in [2.75, 3.05) is 7.05 Å². The molecule has 0 N–H and O–H groups in total. The quantitative estimate of drug-likeness (QED) is 0.708. The van der Waals surface area contributed by atoms with Crippen LogP contribution in [0, 0.1) is 18.8 Å². The Balaban J connectivity index is 2.86. The Morgan fingerprint density at radius 2 is 1.65 bits per heavy atom. The monoisotopic (exact) mass is 314 g/mol. The minimum absolute atomic E-state index is 0.490. The molecule has 0 fully saturated rings. The molecule has 1 aromatic rings. The first-order valence-electron chi connectivity index (χ1n) is 9.10. The number of aromatic nitrogens is 1. The van der Waals surface area contributed by atoms with Crippen LogP contribution in [0.2, 0.25) is 0 Å². The second-order valence-corrected chi connectivity index (χ2v) is 8.04. The number of nitrogens with zero attached hydrogens (tertiary/aromatic N) is 2. The summed E-state index contributed by atoms with van der Waals surface area (Å²) in [4.78, 5) is 7.18. The fourth-order valence-corrected chi connectivity index (χ4v) is 3.84. The first-order chi connectivity index (χ1) is 10.7. The number of aryl methyl sites for hydroxylation is 1. The fraction of sp³-hybridized carbons (Fsp3) is 0.667. The molecule has 1 aromatic heterocycles. The van der Waals surface area contributed by atoms with Crippen LogP contribution in [-0.2, 0) is 0 Å². The average Bonchev–Trinajstić information content (AvgIpc) is 2.48. The summed E-state index contributed by atoms with van der Waals surface area (Å²) < 4.78 is 0. The molecule has 1 aliphatic rings. The number of allylic oxidation sites excluding steroid dienone is 1. The molecule has 128 valence electrons. The van der Waals surface area contributed by atoms with Crippen LogP contribution in [0.1, 0.15) is 82.7 Å². The third-order valence-electron chi connectivity index (χ3n) is 5.87. The minimum Gasteiger partial charge on any atom is -0.377 e. The molecular weight excluding hydrogens is 280 g/mol. The summed E-state index contributed by atoms with van der Waals surface area (Å²) in [5.74, 6) is 2.09. The lowest BCUT2D eigenvalue weighted by Crippen LogP contribution is -2.35. The maximum Gasteiger partial charge on any atom is 0.0413 e. The maximum atomic E-state index is 4.77. The van der Waals surface area contributed by atoms with Gasteiger partial charge in [0.1, 0.15) is 0 Å². The lowest BCUT2D eigenvalue weighted by atomic mass is 9.75. The van der Waals surface area contributed by atoms with E-state index in [2.05, 4.69) is 79.7 Å². The van der Waals surface area contributed by atoms with Crippen LogP contribution in [0.5, 0.6) is 0 Å². The van der Waals surface area contributed by atoms with Gasteiger partial charge in [-0.2, -0.15) is 0 Å². The van der Waals surface area contributed by atoms with Crippen LogP contribution >= 0.6 is 0 Å². The Labute approximate surface area is 143 Å². The molecule has 0 saturated heterocycles. The number of rotatable bonds is 2. The Bertz CT molecular complexity index is 598. The van der Waals surface area contributed by atoms with E-state index < -0.39 is 0 Å². The molecule has 0 aliphatic carbocycles. The van der Waals surface area contributed by atoms with E-state index in [4.69, 9.17) is 4.98 Å². The molecule has 0 saturated carbocycles. The predicted octanol–water partition coefficient (Wildman–Crippen LogP) is 5.58. The van der Waals surface area contributed by atoms with Gasteiger partial charge in [-0.3, -0.25) is 4.98 Å². The van der Waals surface area contributed by atoms with E-state index in [0.29, 0.717) is 29.7 Å². The summed E-state index contributed by atoms with van der Waals surface area (Å²) in [6, 6.07) is 0.522. The number of hydrogen-bond donors (Lipinski definition) is 0. The largest absolute Gasteiger partial charge is 0.377 e. The third kappa shape index (κ3) is 3.18. The topological polar surface area (TPSA) is 16.1 Å². The van der Waals surface area contributed by atoms with Gasteiger partial charge in [-0.05, 0) is 59.8 Å². The van der Waals surface area contributed by atoms with E-state index in [1.807, 2.05) is 0 Å². The second-order valence-electron chi connectivity index (χ2n) is 8.04. The molecule has 3 atom stereocenters. The molecule has 0 unspecified atom stereocenters. The number of hydrogen-bond acceptors (Lipinski definition) is 2. The first kappa shape index (κ1) is 18.0. The van der Waals surface area contributed by atoms with Gasteiger partial charge in [0.2, 0.25) is 0 Å². The highest BCUT2D eigenvalue weighted by molar-refractivity contribution is 5.73. The van der Waals surface area contributed by atoms with Crippen molar-refractivity contribution in [3.8, 4) is 0 Å². The van der Waals surface area contributed by atoms with Gasteiger partial charge in [-0.25, -0.2) is 0 Å². The van der Waals surface area contributed by atoms with E-state index in [1.165, 1.54) is 28.0 Å². The van der Waals surface area contributed by atoms with Gasteiger partial charge in [0, 0.05) is 31.2 Å². The molecule has 0 radical (unpaired) electrons. The predicted molar refractivity (Wildman–Crippen MR) is 101 cm³/mol. The molecule has 0 aromatic carbocycles. The Hall–Kier alpha value is -1.31. The van der Waals surface area contributed by atoms with Crippen molar-refractivity contribution in [1.82, 2.24) is 9.88 Å².